The van der Waals surface area contributed by atoms with Gasteiger partial charge in [0.2, 0.25) is 0 Å². The predicted molar refractivity (Wildman–Crippen MR) is 77.6 cm³/mol. The summed E-state index contributed by atoms with van der Waals surface area (Å²) in [7, 11) is 0. The standard InChI is InChI=1S/C16H18N2O3/c1-16(2)7-11-13(12(20)8-16)14(18-15(21)17-11)9-3-5-10(19)6-4-9/h3-6,14,19H,7-8H2,1-2H3,(H2,17,18,21)/t14-/m1/s1. The zero-order valence-electron chi connectivity index (χ0n) is 12.1. The van der Waals surface area contributed by atoms with Gasteiger partial charge in [-0.3, -0.25) is 4.79 Å². The molecular weight excluding hydrogens is 268 g/mol. The van der Waals surface area contributed by atoms with Crippen molar-refractivity contribution in [2.45, 2.75) is 32.7 Å². The summed E-state index contributed by atoms with van der Waals surface area (Å²) in [4.78, 5) is 24.4. The smallest absolute Gasteiger partial charge is 0.319 e. The number of phenolic OH excluding ortho intramolecular Hbond substituents is 1. The number of carbonyl (C=O) groups excluding carboxylic acids is 2. The van der Waals surface area contributed by atoms with Crippen LogP contribution in [0.15, 0.2) is 35.5 Å². The van der Waals surface area contributed by atoms with Gasteiger partial charge in [0.15, 0.2) is 5.78 Å². The third kappa shape index (κ3) is 2.51. The Balaban J connectivity index is 2.06. The number of hydrogen-bond donors (Lipinski definition) is 3. The van der Waals surface area contributed by atoms with Crippen molar-refractivity contribution in [1.82, 2.24) is 10.6 Å². The second-order valence-corrected chi connectivity index (χ2v) is 6.46. The molecule has 0 bridgehead atoms. The van der Waals surface area contributed by atoms with Crippen LogP contribution >= 0.6 is 0 Å². The minimum atomic E-state index is -0.446. The van der Waals surface area contributed by atoms with Gasteiger partial charge >= 0.3 is 6.03 Å². The number of rotatable bonds is 1. The predicted octanol–water partition coefficient (Wildman–Crippen LogP) is 2.39. The average molecular weight is 286 g/mol. The topological polar surface area (TPSA) is 78.4 Å². The molecule has 110 valence electrons. The normalized spacial score (nSPS) is 24.2. The molecule has 0 saturated heterocycles. The fourth-order valence-electron chi connectivity index (χ4n) is 3.07. The summed E-state index contributed by atoms with van der Waals surface area (Å²) in [6.45, 7) is 4.05. The summed E-state index contributed by atoms with van der Waals surface area (Å²) in [5.74, 6) is 0.219. The molecule has 1 atom stereocenters. The number of nitrogens with one attached hydrogen (secondary N) is 2. The summed E-state index contributed by atoms with van der Waals surface area (Å²) in [5, 5.41) is 15.0. The van der Waals surface area contributed by atoms with Gasteiger partial charge in [0.05, 0.1) is 6.04 Å². The van der Waals surface area contributed by atoms with Gasteiger partial charge in [0.25, 0.3) is 0 Å². The van der Waals surface area contributed by atoms with Gasteiger partial charge in [-0.2, -0.15) is 0 Å². The molecule has 1 aliphatic carbocycles. The zero-order chi connectivity index (χ0) is 15.2. The number of amides is 2. The van der Waals surface area contributed by atoms with E-state index in [0.29, 0.717) is 18.4 Å². The van der Waals surface area contributed by atoms with E-state index in [2.05, 4.69) is 10.6 Å². The molecule has 21 heavy (non-hydrogen) atoms. The van der Waals surface area contributed by atoms with Crippen molar-refractivity contribution in [3.8, 4) is 5.75 Å². The Bertz CT molecular complexity index is 644. The third-order valence-electron chi connectivity index (χ3n) is 3.97. The average Bonchev–Trinajstić information content (AvgIpc) is 2.36. The van der Waals surface area contributed by atoms with Crippen LogP contribution < -0.4 is 10.6 Å². The summed E-state index contributed by atoms with van der Waals surface area (Å²) in [6.07, 6.45) is 1.15. The van der Waals surface area contributed by atoms with Crippen molar-refractivity contribution in [2.75, 3.05) is 0 Å². The maximum atomic E-state index is 12.5. The quantitative estimate of drug-likeness (QED) is 0.741. The number of phenols is 1. The number of benzene rings is 1. The molecule has 3 rings (SSSR count). The van der Waals surface area contributed by atoms with E-state index >= 15 is 0 Å². The highest BCUT2D eigenvalue weighted by atomic mass is 16.3. The number of ketones is 1. The van der Waals surface area contributed by atoms with E-state index in [4.69, 9.17) is 0 Å². The van der Waals surface area contributed by atoms with Crippen molar-refractivity contribution in [1.29, 1.82) is 0 Å². The van der Waals surface area contributed by atoms with Crippen LogP contribution in [0.25, 0.3) is 0 Å². The Morgan fingerprint density at radius 3 is 2.48 bits per heavy atom. The molecule has 0 fully saturated rings. The summed E-state index contributed by atoms with van der Waals surface area (Å²) in [6, 6.07) is 5.82. The first-order valence-electron chi connectivity index (χ1n) is 6.98. The lowest BCUT2D eigenvalue weighted by Gasteiger charge is -2.38. The molecule has 5 heteroatoms. The molecule has 0 radical (unpaired) electrons. The van der Waals surface area contributed by atoms with Crippen LogP contribution in [0.2, 0.25) is 0 Å². The third-order valence-corrected chi connectivity index (χ3v) is 3.97. The number of allylic oxidation sites excluding steroid dienone is 1. The first kappa shape index (κ1) is 13.7. The highest BCUT2D eigenvalue weighted by Crippen LogP contribution is 2.41. The highest BCUT2D eigenvalue weighted by molar-refractivity contribution is 6.01. The van der Waals surface area contributed by atoms with Gasteiger partial charge in [-0.25, -0.2) is 4.79 Å². The van der Waals surface area contributed by atoms with Crippen LogP contribution in [0, 0.1) is 5.41 Å². The highest BCUT2D eigenvalue weighted by Gasteiger charge is 2.40. The lowest BCUT2D eigenvalue weighted by Crippen LogP contribution is -2.48. The number of urea groups is 1. The minimum Gasteiger partial charge on any atom is -0.508 e. The van der Waals surface area contributed by atoms with Gasteiger partial charge < -0.3 is 15.7 Å². The van der Waals surface area contributed by atoms with E-state index in [0.717, 1.165) is 11.3 Å². The lowest BCUT2D eigenvalue weighted by molar-refractivity contribution is -0.118. The van der Waals surface area contributed by atoms with Crippen molar-refractivity contribution in [2.24, 2.45) is 5.41 Å². The van der Waals surface area contributed by atoms with E-state index in [-0.39, 0.29) is 23.0 Å². The van der Waals surface area contributed by atoms with E-state index in [9.17, 15) is 14.7 Å². The zero-order valence-corrected chi connectivity index (χ0v) is 12.1. The van der Waals surface area contributed by atoms with Crippen molar-refractivity contribution in [3.63, 3.8) is 0 Å². The van der Waals surface area contributed by atoms with Crippen molar-refractivity contribution >= 4 is 11.8 Å². The Labute approximate surface area is 123 Å². The van der Waals surface area contributed by atoms with E-state index in [1.54, 1.807) is 24.3 Å². The van der Waals surface area contributed by atoms with Crippen LogP contribution in [0.1, 0.15) is 38.3 Å². The van der Waals surface area contributed by atoms with Crippen molar-refractivity contribution < 1.29 is 14.7 Å². The van der Waals surface area contributed by atoms with E-state index in [1.807, 2.05) is 13.8 Å². The molecule has 0 aromatic heterocycles. The molecule has 2 aliphatic rings. The Morgan fingerprint density at radius 2 is 1.81 bits per heavy atom. The molecule has 3 N–H and O–H groups in total. The molecule has 1 aromatic rings. The maximum Gasteiger partial charge on any atom is 0.319 e. The Morgan fingerprint density at radius 1 is 1.14 bits per heavy atom. The van der Waals surface area contributed by atoms with Crippen LogP contribution in [0.4, 0.5) is 4.79 Å². The SMILES string of the molecule is CC1(C)CC(=O)C2=C(C1)NC(=O)N[C@@H]2c1ccc(O)cc1. The van der Waals surface area contributed by atoms with E-state index in [1.165, 1.54) is 0 Å². The van der Waals surface area contributed by atoms with Gasteiger partial charge in [-0.1, -0.05) is 26.0 Å². The molecule has 0 saturated carbocycles. The molecular formula is C16H18N2O3. The molecule has 2 amide bonds. The maximum absolute atomic E-state index is 12.5. The number of aromatic hydroxyl groups is 1. The Kier molecular flexibility index (Phi) is 3.01. The largest absolute Gasteiger partial charge is 0.508 e. The van der Waals surface area contributed by atoms with Gasteiger partial charge in [0, 0.05) is 17.7 Å². The second kappa shape index (κ2) is 4.62. The second-order valence-electron chi connectivity index (χ2n) is 6.46. The lowest BCUT2D eigenvalue weighted by atomic mass is 9.73. The fraction of sp³-hybridized carbons (Fsp3) is 0.375. The molecule has 1 aromatic carbocycles. The summed E-state index contributed by atoms with van der Waals surface area (Å²) < 4.78 is 0. The minimum absolute atomic E-state index is 0.0619. The van der Waals surface area contributed by atoms with Crippen LogP contribution in [0.5, 0.6) is 5.75 Å². The first-order valence-corrected chi connectivity index (χ1v) is 6.98. The Hall–Kier alpha value is -2.30. The number of Topliss-reactive ketones (excluding diaryl/α,β-unsaturated/α-hetero) is 1. The van der Waals surface area contributed by atoms with E-state index < -0.39 is 6.04 Å². The van der Waals surface area contributed by atoms with Gasteiger partial charge in [-0.05, 0) is 29.5 Å². The molecule has 5 nitrogen and oxygen atoms in total. The number of carbonyl (C=O) groups is 2. The van der Waals surface area contributed by atoms with Crippen LogP contribution in [0.3, 0.4) is 0 Å². The fourth-order valence-corrected chi connectivity index (χ4v) is 3.07. The van der Waals surface area contributed by atoms with Crippen molar-refractivity contribution in [3.05, 3.63) is 41.1 Å². The summed E-state index contributed by atoms with van der Waals surface area (Å²) >= 11 is 0. The molecule has 1 aliphatic heterocycles. The summed E-state index contributed by atoms with van der Waals surface area (Å²) in [5.41, 5.74) is 2.01. The monoisotopic (exact) mass is 286 g/mol. The van der Waals surface area contributed by atoms with Crippen LogP contribution in [-0.2, 0) is 4.79 Å². The number of hydrogen-bond acceptors (Lipinski definition) is 3. The van der Waals surface area contributed by atoms with Gasteiger partial charge in [0.1, 0.15) is 5.75 Å². The van der Waals surface area contributed by atoms with Crippen LogP contribution in [-0.4, -0.2) is 16.9 Å². The molecule has 0 unspecified atom stereocenters. The first-order chi connectivity index (χ1) is 9.85. The van der Waals surface area contributed by atoms with Gasteiger partial charge in [-0.15, -0.1) is 0 Å². The molecule has 0 spiro atoms. The molecule has 1 heterocycles.